The predicted octanol–water partition coefficient (Wildman–Crippen LogP) is 2.96. The zero-order chi connectivity index (χ0) is 16.5. The average molecular weight is 306 g/mol. The summed E-state index contributed by atoms with van der Waals surface area (Å²) in [6, 6.07) is 5.18. The zero-order valence-corrected chi connectivity index (χ0v) is 12.6. The Labute approximate surface area is 122 Å². The Morgan fingerprint density at radius 3 is 2.19 bits per heavy atom. The average Bonchev–Trinajstić information content (AvgIpc) is 2.36. The van der Waals surface area contributed by atoms with Crippen LogP contribution >= 0.6 is 0 Å². The maximum atomic E-state index is 13.0. The SMILES string of the molecule is COc1cc(C)ccc1C(C)(C)CC(O)(CO)C(F)(F)F. The lowest BCUT2D eigenvalue weighted by Crippen LogP contribution is -2.52. The summed E-state index contributed by atoms with van der Waals surface area (Å²) in [6.07, 6.45) is -5.57. The van der Waals surface area contributed by atoms with E-state index in [-0.39, 0.29) is 0 Å². The van der Waals surface area contributed by atoms with E-state index in [0.717, 1.165) is 5.56 Å². The number of ether oxygens (including phenoxy) is 1. The van der Waals surface area contributed by atoms with Gasteiger partial charge in [0.2, 0.25) is 0 Å². The van der Waals surface area contributed by atoms with E-state index in [1.54, 1.807) is 32.0 Å². The van der Waals surface area contributed by atoms with Crippen LogP contribution in [0.2, 0.25) is 0 Å². The van der Waals surface area contributed by atoms with Crippen LogP contribution in [0, 0.1) is 6.92 Å². The second-order valence-electron chi connectivity index (χ2n) is 5.95. The van der Waals surface area contributed by atoms with E-state index in [0.29, 0.717) is 11.3 Å². The molecule has 2 N–H and O–H groups in total. The quantitative estimate of drug-likeness (QED) is 0.879. The number of aliphatic hydroxyl groups is 2. The summed E-state index contributed by atoms with van der Waals surface area (Å²) < 4.78 is 44.1. The van der Waals surface area contributed by atoms with Gasteiger partial charge in [0, 0.05) is 0 Å². The van der Waals surface area contributed by atoms with Crippen LogP contribution in [0.3, 0.4) is 0 Å². The molecule has 0 bridgehead atoms. The van der Waals surface area contributed by atoms with Gasteiger partial charge in [-0.05, 0) is 36.0 Å². The lowest BCUT2D eigenvalue weighted by molar-refractivity contribution is -0.277. The molecular formula is C15H21F3O3. The van der Waals surface area contributed by atoms with Crippen molar-refractivity contribution in [1.82, 2.24) is 0 Å². The summed E-state index contributed by atoms with van der Waals surface area (Å²) in [7, 11) is 1.44. The summed E-state index contributed by atoms with van der Waals surface area (Å²) in [5, 5.41) is 18.8. The van der Waals surface area contributed by atoms with Crippen LogP contribution in [0.25, 0.3) is 0 Å². The fourth-order valence-electron chi connectivity index (χ4n) is 2.43. The molecule has 0 amide bonds. The topological polar surface area (TPSA) is 49.7 Å². The first-order valence-corrected chi connectivity index (χ1v) is 6.52. The highest BCUT2D eigenvalue weighted by Gasteiger charge is 2.55. The van der Waals surface area contributed by atoms with Crippen LogP contribution < -0.4 is 4.74 Å². The van der Waals surface area contributed by atoms with Gasteiger partial charge in [0.1, 0.15) is 5.75 Å². The number of aliphatic hydroxyl groups excluding tert-OH is 1. The number of aryl methyl sites for hydroxylation is 1. The first-order valence-electron chi connectivity index (χ1n) is 6.52. The number of hydrogen-bond acceptors (Lipinski definition) is 3. The van der Waals surface area contributed by atoms with Crippen LogP contribution in [0.15, 0.2) is 18.2 Å². The second kappa shape index (κ2) is 5.85. The second-order valence-corrected chi connectivity index (χ2v) is 5.95. The van der Waals surface area contributed by atoms with Gasteiger partial charge in [-0.2, -0.15) is 13.2 Å². The third kappa shape index (κ3) is 3.68. The van der Waals surface area contributed by atoms with Crippen LogP contribution in [-0.4, -0.2) is 35.7 Å². The number of rotatable bonds is 5. The number of benzene rings is 1. The zero-order valence-electron chi connectivity index (χ0n) is 12.6. The molecule has 6 heteroatoms. The minimum Gasteiger partial charge on any atom is -0.496 e. The molecule has 0 saturated carbocycles. The van der Waals surface area contributed by atoms with Crippen molar-refractivity contribution in [3.63, 3.8) is 0 Å². The molecule has 120 valence electrons. The molecule has 0 radical (unpaired) electrons. The van der Waals surface area contributed by atoms with Crippen molar-refractivity contribution in [1.29, 1.82) is 0 Å². The van der Waals surface area contributed by atoms with Gasteiger partial charge in [0.15, 0.2) is 5.60 Å². The van der Waals surface area contributed by atoms with Gasteiger partial charge in [0.25, 0.3) is 0 Å². The highest BCUT2D eigenvalue weighted by molar-refractivity contribution is 5.42. The van der Waals surface area contributed by atoms with Gasteiger partial charge >= 0.3 is 6.18 Å². The molecular weight excluding hydrogens is 285 g/mol. The Balaban J connectivity index is 3.23. The van der Waals surface area contributed by atoms with E-state index in [1.807, 2.05) is 6.92 Å². The van der Waals surface area contributed by atoms with Crippen molar-refractivity contribution in [2.45, 2.75) is 44.4 Å². The monoisotopic (exact) mass is 306 g/mol. The highest BCUT2D eigenvalue weighted by atomic mass is 19.4. The minimum absolute atomic E-state index is 0.461. The van der Waals surface area contributed by atoms with Gasteiger partial charge < -0.3 is 14.9 Å². The molecule has 0 aliphatic heterocycles. The maximum Gasteiger partial charge on any atom is 0.419 e. The molecule has 1 rings (SSSR count). The highest BCUT2D eigenvalue weighted by Crippen LogP contribution is 2.43. The van der Waals surface area contributed by atoms with Crippen LogP contribution in [0.1, 0.15) is 31.4 Å². The Morgan fingerprint density at radius 2 is 1.76 bits per heavy atom. The molecule has 0 fully saturated rings. The van der Waals surface area contributed by atoms with E-state index in [2.05, 4.69) is 0 Å². The minimum atomic E-state index is -4.91. The van der Waals surface area contributed by atoms with E-state index < -0.39 is 30.2 Å². The van der Waals surface area contributed by atoms with Gasteiger partial charge in [-0.15, -0.1) is 0 Å². The molecule has 1 unspecified atom stereocenters. The third-order valence-electron chi connectivity index (χ3n) is 3.61. The predicted molar refractivity (Wildman–Crippen MR) is 73.5 cm³/mol. The van der Waals surface area contributed by atoms with E-state index in [9.17, 15) is 18.3 Å². The Morgan fingerprint density at radius 1 is 1.19 bits per heavy atom. The lowest BCUT2D eigenvalue weighted by Gasteiger charge is -2.37. The van der Waals surface area contributed by atoms with Crippen molar-refractivity contribution in [3.05, 3.63) is 29.3 Å². The van der Waals surface area contributed by atoms with E-state index in [4.69, 9.17) is 9.84 Å². The molecule has 1 atom stereocenters. The number of alkyl halides is 3. The normalized spacial score (nSPS) is 15.7. The molecule has 3 nitrogen and oxygen atoms in total. The van der Waals surface area contributed by atoms with E-state index >= 15 is 0 Å². The van der Waals surface area contributed by atoms with Crippen LogP contribution in [0.4, 0.5) is 13.2 Å². The van der Waals surface area contributed by atoms with E-state index in [1.165, 1.54) is 7.11 Å². The van der Waals surface area contributed by atoms with Crippen LogP contribution in [-0.2, 0) is 5.41 Å². The molecule has 0 heterocycles. The molecule has 0 saturated heterocycles. The van der Waals surface area contributed by atoms with Crippen molar-refractivity contribution < 1.29 is 28.1 Å². The molecule has 0 aromatic heterocycles. The Bertz CT molecular complexity index is 497. The first-order chi connectivity index (χ1) is 9.47. The standard InChI is InChI=1S/C15H21F3O3/c1-10-5-6-11(12(7-10)21-4)13(2,3)8-14(20,9-19)15(16,17)18/h5-7,19-20H,8-9H2,1-4H3. The Kier molecular flexibility index (Phi) is 4.95. The van der Waals surface area contributed by atoms with Crippen molar-refractivity contribution >= 4 is 0 Å². The van der Waals surface area contributed by atoms with Gasteiger partial charge in [-0.1, -0.05) is 26.0 Å². The van der Waals surface area contributed by atoms with Gasteiger partial charge in [-0.3, -0.25) is 0 Å². The summed E-state index contributed by atoms with van der Waals surface area (Å²) in [6.45, 7) is 3.62. The molecule has 0 aliphatic carbocycles. The fraction of sp³-hybridized carbons (Fsp3) is 0.600. The smallest absolute Gasteiger partial charge is 0.419 e. The molecule has 21 heavy (non-hydrogen) atoms. The van der Waals surface area contributed by atoms with Crippen molar-refractivity contribution in [2.24, 2.45) is 0 Å². The molecule has 0 aliphatic rings. The fourth-order valence-corrected chi connectivity index (χ4v) is 2.43. The molecule has 1 aromatic rings. The summed E-state index contributed by atoms with van der Waals surface area (Å²) in [5.41, 5.74) is -2.72. The van der Waals surface area contributed by atoms with Gasteiger partial charge in [-0.25, -0.2) is 0 Å². The number of hydrogen-bond donors (Lipinski definition) is 2. The van der Waals surface area contributed by atoms with Gasteiger partial charge in [0.05, 0.1) is 13.7 Å². The first kappa shape index (κ1) is 17.8. The largest absolute Gasteiger partial charge is 0.496 e. The number of halogens is 3. The maximum absolute atomic E-state index is 13.0. The lowest BCUT2D eigenvalue weighted by atomic mass is 9.74. The summed E-state index contributed by atoms with van der Waals surface area (Å²) >= 11 is 0. The van der Waals surface area contributed by atoms with Crippen molar-refractivity contribution in [2.75, 3.05) is 13.7 Å². The number of methoxy groups -OCH3 is 1. The molecule has 1 aromatic carbocycles. The Hall–Kier alpha value is -1.27. The van der Waals surface area contributed by atoms with Crippen molar-refractivity contribution in [3.8, 4) is 5.75 Å². The summed E-state index contributed by atoms with van der Waals surface area (Å²) in [4.78, 5) is 0. The van der Waals surface area contributed by atoms with Crippen LogP contribution in [0.5, 0.6) is 5.75 Å². The molecule has 0 spiro atoms. The third-order valence-corrected chi connectivity index (χ3v) is 3.61. The summed E-state index contributed by atoms with van der Waals surface area (Å²) in [5.74, 6) is 0.461.